The smallest absolute Gasteiger partial charge is 0.102 e. The van der Waals surface area contributed by atoms with Crippen molar-refractivity contribution in [3.63, 3.8) is 0 Å². The Kier molecular flexibility index (Phi) is 25.9. The second-order valence-corrected chi connectivity index (χ2v) is 9.17. The van der Waals surface area contributed by atoms with E-state index in [2.05, 4.69) is 20.9 Å². The lowest BCUT2D eigenvalue weighted by atomic mass is 10.1. The quantitative estimate of drug-likeness (QED) is 0.185. The van der Waals surface area contributed by atoms with Crippen LogP contribution in [0.5, 0.6) is 0 Å². The van der Waals surface area contributed by atoms with Gasteiger partial charge in [0.2, 0.25) is 0 Å². The van der Waals surface area contributed by atoms with Gasteiger partial charge in [0.05, 0.1) is 26.7 Å². The molecule has 0 aromatic heterocycles. The van der Waals surface area contributed by atoms with Gasteiger partial charge in [-0.15, -0.1) is 0 Å². The maximum atomic E-state index is 9.47. The third-order valence-corrected chi connectivity index (χ3v) is 6.24. The Labute approximate surface area is 189 Å². The number of unbranched alkanes of at least 4 members (excludes halogenated alkanes) is 16. The van der Waals surface area contributed by atoms with Gasteiger partial charge in [0.25, 0.3) is 0 Å². The maximum Gasteiger partial charge on any atom is 0.102 e. The number of nitrogens with zero attached hydrogens (tertiary/aromatic N) is 1. The van der Waals surface area contributed by atoms with Crippen LogP contribution in [0.4, 0.5) is 0 Å². The fourth-order valence-corrected chi connectivity index (χ4v) is 4.19. The van der Waals surface area contributed by atoms with Crippen molar-refractivity contribution in [1.29, 1.82) is 0 Å². The Balaban J connectivity index is 0. The minimum atomic E-state index is 0. The topological polar surface area (TPSA) is 20.2 Å². The zero-order chi connectivity index (χ0) is 20.1. The average molecular weight is 465 g/mol. The lowest BCUT2D eigenvalue weighted by Crippen LogP contribution is -3.00. The normalized spacial score (nSPS) is 11.6. The summed E-state index contributed by atoms with van der Waals surface area (Å²) in [6.07, 6.45) is 25.2. The molecule has 172 valence electrons. The fraction of sp³-hybridized carbons (Fsp3) is 1.00. The lowest BCUT2D eigenvalue weighted by molar-refractivity contribution is -0.910. The monoisotopic (exact) mass is 463 g/mol. The van der Waals surface area contributed by atoms with E-state index in [0.717, 1.165) is 11.0 Å². The van der Waals surface area contributed by atoms with E-state index in [1.54, 1.807) is 0 Å². The van der Waals surface area contributed by atoms with Crippen molar-refractivity contribution >= 4 is 0 Å². The first kappa shape index (κ1) is 30.6. The van der Waals surface area contributed by atoms with Crippen LogP contribution in [0.1, 0.15) is 129 Å². The zero-order valence-electron chi connectivity index (χ0n) is 19.8. The third-order valence-electron chi connectivity index (χ3n) is 6.24. The zero-order valence-corrected chi connectivity index (χ0v) is 21.4. The number of hydrogen-bond acceptors (Lipinski definition) is 1. The van der Waals surface area contributed by atoms with Crippen LogP contribution in [0.3, 0.4) is 0 Å². The molecule has 0 spiro atoms. The summed E-state index contributed by atoms with van der Waals surface area (Å²) in [5.74, 6) is 0. The second-order valence-electron chi connectivity index (χ2n) is 9.17. The molecule has 28 heavy (non-hydrogen) atoms. The predicted octanol–water partition coefficient (Wildman–Crippen LogP) is 4.49. The molecule has 0 aromatic rings. The summed E-state index contributed by atoms with van der Waals surface area (Å²) in [5, 5.41) is 9.47. The van der Waals surface area contributed by atoms with E-state index in [9.17, 15) is 5.11 Å². The van der Waals surface area contributed by atoms with Gasteiger partial charge in [-0.25, -0.2) is 0 Å². The molecule has 0 bridgehead atoms. The van der Waals surface area contributed by atoms with Crippen LogP contribution >= 0.6 is 0 Å². The van der Waals surface area contributed by atoms with E-state index >= 15 is 0 Å². The Morgan fingerprint density at radius 2 is 0.750 bits per heavy atom. The first-order valence-electron chi connectivity index (χ1n) is 12.6. The van der Waals surface area contributed by atoms with Gasteiger partial charge in [-0.1, -0.05) is 104 Å². The lowest BCUT2D eigenvalue weighted by Gasteiger charge is -2.34. The number of aliphatic hydroxyl groups excluding tert-OH is 1. The van der Waals surface area contributed by atoms with Crippen molar-refractivity contribution in [1.82, 2.24) is 0 Å². The molecule has 0 fully saturated rings. The maximum absolute atomic E-state index is 9.47. The van der Waals surface area contributed by atoms with Crippen LogP contribution in [-0.2, 0) is 0 Å². The van der Waals surface area contributed by atoms with Gasteiger partial charge in [0, 0.05) is 0 Å². The molecule has 0 atom stereocenters. The highest BCUT2D eigenvalue weighted by Crippen LogP contribution is 2.15. The minimum Gasteiger partial charge on any atom is -1.00 e. The first-order chi connectivity index (χ1) is 13.2. The molecule has 0 radical (unpaired) electrons. The van der Waals surface area contributed by atoms with Gasteiger partial charge in [-0.05, 0) is 25.7 Å². The number of likely N-dealkylation sites (N-methyl/N-ethyl adjacent to an activating group) is 1. The molecule has 0 aromatic carbocycles. The Morgan fingerprint density at radius 3 is 1.04 bits per heavy atom. The Bertz CT molecular complexity index is 264. The van der Waals surface area contributed by atoms with Crippen molar-refractivity contribution in [2.24, 2.45) is 0 Å². The Hall–Kier alpha value is 0.400. The molecule has 0 saturated heterocycles. The molecule has 0 aliphatic carbocycles. The van der Waals surface area contributed by atoms with E-state index in [1.807, 2.05) is 0 Å². The highest BCUT2D eigenvalue weighted by molar-refractivity contribution is 4.50. The first-order valence-corrected chi connectivity index (χ1v) is 12.6. The summed E-state index contributed by atoms with van der Waals surface area (Å²) in [6, 6.07) is 0. The van der Waals surface area contributed by atoms with Crippen molar-refractivity contribution < 1.29 is 26.6 Å². The van der Waals surface area contributed by atoms with Gasteiger partial charge in [0.15, 0.2) is 0 Å². The van der Waals surface area contributed by atoms with E-state index in [4.69, 9.17) is 0 Å². The molecule has 0 aliphatic rings. The van der Waals surface area contributed by atoms with Gasteiger partial charge >= 0.3 is 0 Å². The van der Waals surface area contributed by atoms with Crippen LogP contribution in [0.2, 0.25) is 0 Å². The average Bonchev–Trinajstić information content (AvgIpc) is 2.66. The van der Waals surface area contributed by atoms with Crippen molar-refractivity contribution in [2.75, 3.05) is 33.3 Å². The van der Waals surface area contributed by atoms with E-state index < -0.39 is 0 Å². The molecule has 2 nitrogen and oxygen atoms in total. The molecule has 0 saturated carbocycles. The summed E-state index contributed by atoms with van der Waals surface area (Å²) in [6.45, 7) is 8.37. The molecular weight excluding hydrogens is 410 g/mol. The van der Waals surface area contributed by atoms with E-state index in [1.165, 1.54) is 129 Å². The second kappa shape index (κ2) is 23.7. The molecule has 0 heterocycles. The van der Waals surface area contributed by atoms with Crippen molar-refractivity contribution in [3.8, 4) is 0 Å². The molecule has 0 amide bonds. The van der Waals surface area contributed by atoms with Gasteiger partial charge in [-0.3, -0.25) is 0 Å². The molecule has 1 N–H and O–H groups in total. The highest BCUT2D eigenvalue weighted by atomic mass is 79.9. The number of rotatable bonds is 22. The fourth-order valence-electron chi connectivity index (χ4n) is 4.19. The van der Waals surface area contributed by atoms with Crippen LogP contribution in [0.15, 0.2) is 0 Å². The van der Waals surface area contributed by atoms with Gasteiger partial charge in [-0.2, -0.15) is 0 Å². The number of hydrogen-bond donors (Lipinski definition) is 1. The number of quaternary nitrogens is 1. The van der Waals surface area contributed by atoms with Gasteiger partial charge in [0.1, 0.15) is 6.54 Å². The number of halogens is 1. The molecule has 0 aliphatic heterocycles. The van der Waals surface area contributed by atoms with Crippen LogP contribution in [0, 0.1) is 0 Å². The third kappa shape index (κ3) is 21.1. The van der Waals surface area contributed by atoms with Crippen LogP contribution in [-0.4, -0.2) is 42.9 Å². The van der Waals surface area contributed by atoms with E-state index in [0.29, 0.717) is 6.61 Å². The molecule has 3 heteroatoms. The van der Waals surface area contributed by atoms with Crippen LogP contribution < -0.4 is 17.0 Å². The van der Waals surface area contributed by atoms with Gasteiger partial charge < -0.3 is 26.6 Å². The summed E-state index contributed by atoms with van der Waals surface area (Å²) in [5.41, 5.74) is 0. The Morgan fingerprint density at radius 1 is 0.464 bits per heavy atom. The standard InChI is InChI=1S/C25H54NO.BrH/c1-4-6-8-10-12-14-16-18-20-22-26(3,24-25-27)23-21-19-17-15-13-11-9-7-5-2;/h27H,4-25H2,1-3H3;1H/q+1;/p-1. The largest absolute Gasteiger partial charge is 1.00 e. The summed E-state index contributed by atoms with van der Waals surface area (Å²) in [7, 11) is 2.37. The number of aliphatic hydroxyl groups is 1. The summed E-state index contributed by atoms with van der Waals surface area (Å²) in [4.78, 5) is 0. The highest BCUT2D eigenvalue weighted by Gasteiger charge is 2.19. The molecule has 0 unspecified atom stereocenters. The summed E-state index contributed by atoms with van der Waals surface area (Å²) < 4.78 is 1.09. The minimum absolute atomic E-state index is 0. The SMILES string of the molecule is CCCCCCCCCCC[N+](C)(CCO)CCCCCCCCCCC.[Br-]. The molecular formula is C25H54BrNO. The van der Waals surface area contributed by atoms with E-state index in [-0.39, 0.29) is 17.0 Å². The summed E-state index contributed by atoms with van der Waals surface area (Å²) >= 11 is 0. The molecule has 0 rings (SSSR count). The van der Waals surface area contributed by atoms with Crippen molar-refractivity contribution in [3.05, 3.63) is 0 Å². The predicted molar refractivity (Wildman–Crippen MR) is 122 cm³/mol. The van der Waals surface area contributed by atoms with Crippen molar-refractivity contribution in [2.45, 2.75) is 129 Å². The van der Waals surface area contributed by atoms with Crippen LogP contribution in [0.25, 0.3) is 0 Å².